The van der Waals surface area contributed by atoms with Gasteiger partial charge in [-0.05, 0) is 23.9 Å². The lowest BCUT2D eigenvalue weighted by Crippen LogP contribution is -2.44. The van der Waals surface area contributed by atoms with Crippen LogP contribution in [0.4, 0.5) is 0 Å². The Bertz CT molecular complexity index is 416. The first kappa shape index (κ1) is 14.5. The summed E-state index contributed by atoms with van der Waals surface area (Å²) in [6, 6.07) is 1.92. The molecule has 5 nitrogen and oxygen atoms in total. The normalized spacial score (nSPS) is 18.2. The van der Waals surface area contributed by atoms with Gasteiger partial charge < -0.3 is 15.2 Å². The summed E-state index contributed by atoms with van der Waals surface area (Å²) in [4.78, 5) is 14.7. The fourth-order valence-electron chi connectivity index (χ4n) is 2.04. The molecule has 1 fully saturated rings. The molecule has 2 N–H and O–H groups in total. The number of thiophene rings is 1. The van der Waals surface area contributed by atoms with Gasteiger partial charge >= 0.3 is 0 Å². The highest BCUT2D eigenvalue weighted by molar-refractivity contribution is 7.12. The van der Waals surface area contributed by atoms with Crippen LogP contribution < -0.4 is 5.32 Å². The van der Waals surface area contributed by atoms with Crippen LogP contribution in [0.5, 0.6) is 0 Å². The molecule has 106 valence electrons. The molecule has 0 saturated carbocycles. The van der Waals surface area contributed by atoms with E-state index in [2.05, 4.69) is 10.2 Å². The van der Waals surface area contributed by atoms with E-state index in [1.165, 1.54) is 11.3 Å². The summed E-state index contributed by atoms with van der Waals surface area (Å²) in [6.45, 7) is 5.89. The number of aliphatic hydroxyl groups is 1. The molecule has 0 aromatic carbocycles. The Labute approximate surface area is 117 Å². The van der Waals surface area contributed by atoms with Crippen molar-refractivity contribution in [3.05, 3.63) is 21.9 Å². The summed E-state index contributed by atoms with van der Waals surface area (Å²) >= 11 is 1.42. The molecule has 0 bridgehead atoms. The third-order valence-corrected chi connectivity index (χ3v) is 4.15. The Balaban J connectivity index is 1.72. The molecule has 1 aromatic heterocycles. The van der Waals surface area contributed by atoms with Crippen molar-refractivity contribution in [1.29, 1.82) is 0 Å². The van der Waals surface area contributed by atoms with E-state index in [0.717, 1.165) is 23.5 Å². The van der Waals surface area contributed by atoms with Gasteiger partial charge in [-0.2, -0.15) is 0 Å². The molecule has 1 atom stereocenters. The fraction of sp³-hybridized carbons (Fsp3) is 0.615. The molecule has 1 aliphatic heterocycles. The maximum absolute atomic E-state index is 11.9. The Morgan fingerprint density at radius 1 is 1.58 bits per heavy atom. The first-order chi connectivity index (χ1) is 9.16. The van der Waals surface area contributed by atoms with Gasteiger partial charge in [-0.25, -0.2) is 0 Å². The van der Waals surface area contributed by atoms with Crippen LogP contribution in [0.25, 0.3) is 0 Å². The summed E-state index contributed by atoms with van der Waals surface area (Å²) in [5.41, 5.74) is 0.977. The SMILES string of the molecule is Cc1ccsc1C(=O)NCC(O)CN1CCOCC1. The van der Waals surface area contributed by atoms with Crippen LogP contribution in [0.1, 0.15) is 15.2 Å². The summed E-state index contributed by atoms with van der Waals surface area (Å²) in [5.74, 6) is -0.103. The van der Waals surface area contributed by atoms with Gasteiger partial charge in [0.25, 0.3) is 5.91 Å². The highest BCUT2D eigenvalue weighted by Crippen LogP contribution is 2.14. The van der Waals surface area contributed by atoms with Gasteiger partial charge in [-0.3, -0.25) is 9.69 Å². The smallest absolute Gasteiger partial charge is 0.261 e. The van der Waals surface area contributed by atoms with Crippen molar-refractivity contribution in [2.75, 3.05) is 39.4 Å². The van der Waals surface area contributed by atoms with Crippen LogP contribution in [0.15, 0.2) is 11.4 Å². The van der Waals surface area contributed by atoms with E-state index in [1.807, 2.05) is 18.4 Å². The van der Waals surface area contributed by atoms with E-state index in [-0.39, 0.29) is 12.5 Å². The summed E-state index contributed by atoms with van der Waals surface area (Å²) in [7, 11) is 0. The van der Waals surface area contributed by atoms with Gasteiger partial charge in [0.05, 0.1) is 24.2 Å². The van der Waals surface area contributed by atoms with Crippen LogP contribution in [0.2, 0.25) is 0 Å². The van der Waals surface area contributed by atoms with E-state index < -0.39 is 6.10 Å². The van der Waals surface area contributed by atoms with Crippen molar-refractivity contribution < 1.29 is 14.6 Å². The predicted molar refractivity (Wildman–Crippen MR) is 74.7 cm³/mol. The lowest BCUT2D eigenvalue weighted by molar-refractivity contribution is 0.0149. The second-order valence-corrected chi connectivity index (χ2v) is 5.63. The fourth-order valence-corrected chi connectivity index (χ4v) is 2.88. The molecule has 0 aliphatic carbocycles. The number of aryl methyl sites for hydroxylation is 1. The predicted octanol–water partition coefficient (Wildman–Crippen LogP) is 0.479. The molecule has 1 aromatic rings. The average Bonchev–Trinajstić information content (AvgIpc) is 2.83. The third kappa shape index (κ3) is 4.28. The topological polar surface area (TPSA) is 61.8 Å². The van der Waals surface area contributed by atoms with Crippen molar-refractivity contribution in [3.8, 4) is 0 Å². The van der Waals surface area contributed by atoms with Crippen LogP contribution >= 0.6 is 11.3 Å². The first-order valence-electron chi connectivity index (χ1n) is 6.47. The van der Waals surface area contributed by atoms with Gasteiger partial charge in [0, 0.05) is 26.2 Å². The quantitative estimate of drug-likeness (QED) is 0.825. The number of amides is 1. The zero-order chi connectivity index (χ0) is 13.7. The van der Waals surface area contributed by atoms with Crippen molar-refractivity contribution in [2.45, 2.75) is 13.0 Å². The second-order valence-electron chi connectivity index (χ2n) is 4.71. The summed E-state index contributed by atoms with van der Waals surface area (Å²) in [6.07, 6.45) is -0.540. The number of aliphatic hydroxyl groups excluding tert-OH is 1. The Kier molecular flexibility index (Phi) is 5.33. The molecular weight excluding hydrogens is 264 g/mol. The number of hydrogen-bond donors (Lipinski definition) is 2. The molecule has 1 amide bonds. The minimum atomic E-state index is -0.540. The van der Waals surface area contributed by atoms with Crippen molar-refractivity contribution in [2.24, 2.45) is 0 Å². The van der Waals surface area contributed by atoms with E-state index in [4.69, 9.17) is 4.74 Å². The maximum Gasteiger partial charge on any atom is 0.261 e. The number of rotatable bonds is 5. The molecule has 0 radical (unpaired) electrons. The molecule has 2 heterocycles. The van der Waals surface area contributed by atoms with Gasteiger partial charge in [-0.1, -0.05) is 0 Å². The first-order valence-corrected chi connectivity index (χ1v) is 7.35. The Morgan fingerprint density at radius 3 is 2.95 bits per heavy atom. The molecule has 1 saturated heterocycles. The van der Waals surface area contributed by atoms with E-state index >= 15 is 0 Å². The van der Waals surface area contributed by atoms with Crippen molar-refractivity contribution >= 4 is 17.2 Å². The highest BCUT2D eigenvalue weighted by atomic mass is 32.1. The molecule has 1 aliphatic rings. The Hall–Kier alpha value is -0.950. The lowest BCUT2D eigenvalue weighted by Gasteiger charge is -2.28. The van der Waals surface area contributed by atoms with Crippen LogP contribution in [0, 0.1) is 6.92 Å². The van der Waals surface area contributed by atoms with Crippen LogP contribution in [-0.2, 0) is 4.74 Å². The zero-order valence-corrected chi connectivity index (χ0v) is 11.9. The number of nitrogens with zero attached hydrogens (tertiary/aromatic N) is 1. The number of nitrogens with one attached hydrogen (secondary N) is 1. The molecule has 19 heavy (non-hydrogen) atoms. The summed E-state index contributed by atoms with van der Waals surface area (Å²) < 4.78 is 5.25. The maximum atomic E-state index is 11.9. The van der Waals surface area contributed by atoms with Gasteiger partial charge in [0.1, 0.15) is 0 Å². The number of morpholine rings is 1. The molecule has 6 heteroatoms. The average molecular weight is 284 g/mol. The molecule has 1 unspecified atom stereocenters. The number of β-amino-alcohol motifs (C(OH)–C–C–N with tert-alkyl or cyclic N) is 1. The number of carbonyl (C=O) groups excluding carboxylic acids is 1. The van der Waals surface area contributed by atoms with Gasteiger partial charge in [0.15, 0.2) is 0 Å². The van der Waals surface area contributed by atoms with Crippen molar-refractivity contribution in [3.63, 3.8) is 0 Å². The molecule has 0 spiro atoms. The highest BCUT2D eigenvalue weighted by Gasteiger charge is 2.16. The molecular formula is C13H20N2O3S. The minimum Gasteiger partial charge on any atom is -0.390 e. The van der Waals surface area contributed by atoms with E-state index in [9.17, 15) is 9.90 Å². The monoisotopic (exact) mass is 284 g/mol. The lowest BCUT2D eigenvalue weighted by atomic mass is 10.2. The zero-order valence-electron chi connectivity index (χ0n) is 11.1. The third-order valence-electron chi connectivity index (χ3n) is 3.14. The minimum absolute atomic E-state index is 0.103. The van der Waals surface area contributed by atoms with Crippen molar-refractivity contribution in [1.82, 2.24) is 10.2 Å². The van der Waals surface area contributed by atoms with E-state index in [0.29, 0.717) is 19.8 Å². The summed E-state index contributed by atoms with van der Waals surface area (Å²) in [5, 5.41) is 14.6. The second kappa shape index (κ2) is 7.00. The Morgan fingerprint density at radius 2 is 2.32 bits per heavy atom. The standard InChI is InChI=1S/C13H20N2O3S/c1-10-2-7-19-12(10)13(17)14-8-11(16)9-15-3-5-18-6-4-15/h2,7,11,16H,3-6,8-9H2,1H3,(H,14,17). The molecule has 2 rings (SSSR count). The largest absolute Gasteiger partial charge is 0.390 e. The number of carbonyl (C=O) groups is 1. The van der Waals surface area contributed by atoms with Gasteiger partial charge in [0.2, 0.25) is 0 Å². The van der Waals surface area contributed by atoms with E-state index in [1.54, 1.807) is 0 Å². The van der Waals surface area contributed by atoms with Crippen LogP contribution in [0.3, 0.4) is 0 Å². The number of hydrogen-bond acceptors (Lipinski definition) is 5. The van der Waals surface area contributed by atoms with Gasteiger partial charge in [-0.15, -0.1) is 11.3 Å². The number of ether oxygens (including phenoxy) is 1. The van der Waals surface area contributed by atoms with Crippen LogP contribution in [-0.4, -0.2) is 61.4 Å².